The average molecular weight is 378 g/mol. The molecule has 1 saturated heterocycles. The fourth-order valence-electron chi connectivity index (χ4n) is 2.57. The van der Waals surface area contributed by atoms with Gasteiger partial charge in [0, 0.05) is 30.9 Å². The molecule has 1 heterocycles. The molecule has 1 aromatic carbocycles. The monoisotopic (exact) mass is 378 g/mol. The van der Waals surface area contributed by atoms with E-state index in [2.05, 4.69) is 5.32 Å². The van der Waals surface area contributed by atoms with Crippen molar-refractivity contribution in [3.63, 3.8) is 0 Å². The van der Waals surface area contributed by atoms with Gasteiger partial charge in [0.05, 0.1) is 4.90 Å². The normalized spacial score (nSPS) is 16.0. The summed E-state index contributed by atoms with van der Waals surface area (Å²) in [5.41, 5.74) is 5.22. The number of carbonyl (C=O) groups excluding carboxylic acids is 2. The van der Waals surface area contributed by atoms with Crippen molar-refractivity contribution in [3.05, 3.63) is 36.0 Å². The van der Waals surface area contributed by atoms with Crippen molar-refractivity contribution in [3.8, 4) is 6.07 Å². The second kappa shape index (κ2) is 7.99. The zero-order chi connectivity index (χ0) is 19.3. The average Bonchev–Trinajstić information content (AvgIpc) is 2.59. The number of piperidine rings is 1. The lowest BCUT2D eigenvalue weighted by atomic mass is 9.96. The molecule has 1 fully saturated rings. The summed E-state index contributed by atoms with van der Waals surface area (Å²) in [6, 6.07) is 6.84. The number of hydrogen-bond donors (Lipinski definition) is 3. The Bertz CT molecular complexity index is 880. The van der Waals surface area contributed by atoms with Crippen LogP contribution in [-0.2, 0) is 19.7 Å². The molecule has 1 aromatic rings. The molecule has 0 spiro atoms. The first-order valence-corrected chi connectivity index (χ1v) is 9.19. The highest BCUT2D eigenvalue weighted by Crippen LogP contribution is 2.19. The molecule has 0 atom stereocenters. The summed E-state index contributed by atoms with van der Waals surface area (Å²) in [7, 11) is -4.40. The zero-order valence-electron chi connectivity index (χ0n) is 13.8. The number of nitriles is 1. The summed E-state index contributed by atoms with van der Waals surface area (Å²) in [5.74, 6) is -1.27. The molecule has 0 aliphatic carbocycles. The quantitative estimate of drug-likeness (QED) is 0.382. The van der Waals surface area contributed by atoms with Gasteiger partial charge in [0.15, 0.2) is 0 Å². The number of benzene rings is 1. The van der Waals surface area contributed by atoms with E-state index in [4.69, 9.17) is 10.3 Å². The number of nitrogens with two attached hydrogens (primary N) is 1. The van der Waals surface area contributed by atoms with Crippen molar-refractivity contribution in [1.29, 1.82) is 5.26 Å². The third-order valence-corrected chi connectivity index (χ3v) is 4.85. The van der Waals surface area contributed by atoms with Gasteiger partial charge in [0.25, 0.3) is 16.0 Å². The van der Waals surface area contributed by atoms with Crippen molar-refractivity contribution >= 4 is 27.6 Å². The van der Waals surface area contributed by atoms with Gasteiger partial charge in [-0.3, -0.25) is 14.1 Å². The third-order valence-electron chi connectivity index (χ3n) is 4.00. The minimum absolute atomic E-state index is 0.124. The van der Waals surface area contributed by atoms with Crippen LogP contribution >= 0.6 is 0 Å². The van der Waals surface area contributed by atoms with Crippen LogP contribution in [0.3, 0.4) is 0 Å². The van der Waals surface area contributed by atoms with E-state index >= 15 is 0 Å². The standard InChI is InChI=1S/C16H18N4O5S/c17-9-12(10-20-6-4-11(5-7-20)15(18)21)16(22)19-13-2-1-3-14(8-13)26(23,24)25/h1-3,8,10-11H,4-7H2,(H2,18,21)(H,19,22)(H,23,24,25)/b12-10-. The minimum atomic E-state index is -4.40. The molecule has 0 aromatic heterocycles. The lowest BCUT2D eigenvalue weighted by Crippen LogP contribution is -2.36. The number of primary amides is 1. The molecular formula is C16H18N4O5S. The van der Waals surface area contributed by atoms with Gasteiger partial charge >= 0.3 is 0 Å². The first-order valence-electron chi connectivity index (χ1n) is 7.75. The molecule has 0 unspecified atom stereocenters. The van der Waals surface area contributed by atoms with Gasteiger partial charge in [-0.15, -0.1) is 0 Å². The van der Waals surface area contributed by atoms with E-state index in [0.717, 1.165) is 6.07 Å². The Kier molecular flexibility index (Phi) is 5.97. The second-order valence-corrected chi connectivity index (χ2v) is 7.25. The maximum Gasteiger partial charge on any atom is 0.294 e. The Morgan fingerprint density at radius 2 is 2.00 bits per heavy atom. The second-order valence-electron chi connectivity index (χ2n) is 5.82. The van der Waals surface area contributed by atoms with E-state index < -0.39 is 16.0 Å². The van der Waals surface area contributed by atoms with Crippen molar-refractivity contribution in [1.82, 2.24) is 4.90 Å². The van der Waals surface area contributed by atoms with Gasteiger partial charge in [-0.05, 0) is 31.0 Å². The molecule has 138 valence electrons. The number of nitrogens with one attached hydrogen (secondary N) is 1. The van der Waals surface area contributed by atoms with E-state index in [-0.39, 0.29) is 28.0 Å². The summed E-state index contributed by atoms with van der Waals surface area (Å²) >= 11 is 0. The topological polar surface area (TPSA) is 154 Å². The Morgan fingerprint density at radius 3 is 2.54 bits per heavy atom. The van der Waals surface area contributed by atoms with E-state index in [1.165, 1.54) is 24.4 Å². The number of amides is 2. The molecule has 9 nitrogen and oxygen atoms in total. The van der Waals surface area contributed by atoms with Crippen LogP contribution in [0, 0.1) is 17.2 Å². The Hall–Kier alpha value is -2.90. The molecule has 0 saturated carbocycles. The first-order chi connectivity index (χ1) is 12.2. The van der Waals surface area contributed by atoms with Gasteiger partial charge in [0.2, 0.25) is 5.91 Å². The first kappa shape index (κ1) is 19.4. The molecule has 10 heteroatoms. The van der Waals surface area contributed by atoms with E-state index in [0.29, 0.717) is 25.9 Å². The van der Waals surface area contributed by atoms with Crippen LogP contribution in [-0.4, -0.2) is 42.8 Å². The van der Waals surface area contributed by atoms with Crippen LogP contribution in [0.25, 0.3) is 0 Å². The van der Waals surface area contributed by atoms with Gasteiger partial charge in [0.1, 0.15) is 11.6 Å². The summed E-state index contributed by atoms with van der Waals surface area (Å²) in [6.07, 6.45) is 2.49. The number of carbonyl (C=O) groups is 2. The molecular weight excluding hydrogens is 360 g/mol. The molecule has 4 N–H and O–H groups in total. The van der Waals surface area contributed by atoms with E-state index in [1.54, 1.807) is 11.0 Å². The fraction of sp³-hybridized carbons (Fsp3) is 0.312. The van der Waals surface area contributed by atoms with Crippen LogP contribution in [0.15, 0.2) is 40.9 Å². The fourth-order valence-corrected chi connectivity index (χ4v) is 3.09. The molecule has 26 heavy (non-hydrogen) atoms. The third kappa shape index (κ3) is 5.05. The Morgan fingerprint density at radius 1 is 1.35 bits per heavy atom. The minimum Gasteiger partial charge on any atom is -0.376 e. The van der Waals surface area contributed by atoms with Gasteiger partial charge < -0.3 is 16.0 Å². The maximum atomic E-state index is 12.2. The summed E-state index contributed by atoms with van der Waals surface area (Å²) in [6.45, 7) is 0.981. The molecule has 0 radical (unpaired) electrons. The van der Waals surface area contributed by atoms with Crippen LogP contribution < -0.4 is 11.1 Å². The number of likely N-dealkylation sites (tertiary alicyclic amines) is 1. The predicted octanol–water partition coefficient (Wildman–Crippen LogP) is 0.477. The molecule has 2 rings (SSSR count). The number of nitrogens with zero attached hydrogens (tertiary/aromatic N) is 2. The largest absolute Gasteiger partial charge is 0.376 e. The number of rotatable bonds is 5. The smallest absolute Gasteiger partial charge is 0.294 e. The van der Waals surface area contributed by atoms with Gasteiger partial charge in [-0.1, -0.05) is 6.07 Å². The highest BCUT2D eigenvalue weighted by atomic mass is 32.2. The van der Waals surface area contributed by atoms with Crippen LogP contribution in [0.2, 0.25) is 0 Å². The van der Waals surface area contributed by atoms with Crippen molar-refractivity contribution in [2.24, 2.45) is 11.7 Å². The lowest BCUT2D eigenvalue weighted by molar-refractivity contribution is -0.123. The predicted molar refractivity (Wildman–Crippen MR) is 92.1 cm³/mol. The van der Waals surface area contributed by atoms with Crippen LogP contribution in [0.1, 0.15) is 12.8 Å². The van der Waals surface area contributed by atoms with E-state index in [1.807, 2.05) is 0 Å². The highest BCUT2D eigenvalue weighted by Gasteiger charge is 2.22. The van der Waals surface area contributed by atoms with Crippen molar-refractivity contribution in [2.45, 2.75) is 17.7 Å². The molecule has 1 aliphatic rings. The maximum absolute atomic E-state index is 12.2. The molecule has 1 aliphatic heterocycles. The molecule has 2 amide bonds. The number of hydrogen-bond acceptors (Lipinski definition) is 6. The number of anilines is 1. The highest BCUT2D eigenvalue weighted by molar-refractivity contribution is 7.85. The van der Waals surface area contributed by atoms with Crippen molar-refractivity contribution in [2.75, 3.05) is 18.4 Å². The Labute approximate surface area is 150 Å². The Balaban J connectivity index is 2.08. The summed E-state index contributed by atoms with van der Waals surface area (Å²) in [5, 5.41) is 11.6. The summed E-state index contributed by atoms with van der Waals surface area (Å²) in [4.78, 5) is 24.8. The molecule has 0 bridgehead atoms. The van der Waals surface area contributed by atoms with E-state index in [9.17, 15) is 23.3 Å². The zero-order valence-corrected chi connectivity index (χ0v) is 14.6. The van der Waals surface area contributed by atoms with Crippen LogP contribution in [0.5, 0.6) is 0 Å². The van der Waals surface area contributed by atoms with Gasteiger partial charge in [-0.2, -0.15) is 13.7 Å². The van der Waals surface area contributed by atoms with Crippen molar-refractivity contribution < 1.29 is 22.6 Å². The summed E-state index contributed by atoms with van der Waals surface area (Å²) < 4.78 is 31.3. The van der Waals surface area contributed by atoms with Crippen LogP contribution in [0.4, 0.5) is 5.69 Å². The lowest BCUT2D eigenvalue weighted by Gasteiger charge is -2.29. The SMILES string of the molecule is N#C/C(=C/N1CCC(C(N)=O)CC1)C(=O)Nc1cccc(S(=O)(=O)O)c1. The van der Waals surface area contributed by atoms with Gasteiger partial charge in [-0.25, -0.2) is 0 Å².